The van der Waals surface area contributed by atoms with Gasteiger partial charge in [-0.25, -0.2) is 4.98 Å². The van der Waals surface area contributed by atoms with E-state index in [2.05, 4.69) is 9.88 Å². The minimum Gasteiger partial charge on any atom is -0.391 e. The second-order valence-electron chi connectivity index (χ2n) is 4.79. The molecular weight excluding hydrogens is 274 g/mol. The van der Waals surface area contributed by atoms with Crippen molar-refractivity contribution in [2.24, 2.45) is 5.73 Å². The molecule has 1 aliphatic rings. The van der Waals surface area contributed by atoms with Gasteiger partial charge in [0.05, 0.1) is 11.5 Å². The van der Waals surface area contributed by atoms with Crippen molar-refractivity contribution in [1.82, 2.24) is 4.98 Å². The summed E-state index contributed by atoms with van der Waals surface area (Å²) in [7, 11) is 0. The lowest BCUT2D eigenvalue weighted by Gasteiger charge is -2.28. The third-order valence-electron chi connectivity index (χ3n) is 3.47. The number of thiazole rings is 1. The van der Waals surface area contributed by atoms with Crippen molar-refractivity contribution in [2.45, 2.75) is 19.6 Å². The maximum absolute atomic E-state index is 11.2. The smallest absolute Gasteiger partial charge is 0.248 e. The number of primary amides is 1. The number of aliphatic hydroxyl groups excluding tert-OH is 1. The molecule has 0 saturated carbocycles. The zero-order valence-corrected chi connectivity index (χ0v) is 11.7. The summed E-state index contributed by atoms with van der Waals surface area (Å²) in [6, 6.07) is 5.61. The van der Waals surface area contributed by atoms with Crippen molar-refractivity contribution in [1.29, 1.82) is 0 Å². The number of aromatic nitrogens is 1. The first-order chi connectivity index (χ1) is 9.67. The Hall–Kier alpha value is -1.92. The third-order valence-corrected chi connectivity index (χ3v) is 4.51. The van der Waals surface area contributed by atoms with Gasteiger partial charge in [0.15, 0.2) is 5.13 Å². The van der Waals surface area contributed by atoms with Gasteiger partial charge >= 0.3 is 0 Å². The van der Waals surface area contributed by atoms with Gasteiger partial charge in [-0.1, -0.05) is 17.4 Å². The zero-order valence-electron chi connectivity index (χ0n) is 10.9. The second kappa shape index (κ2) is 5.22. The zero-order chi connectivity index (χ0) is 14.1. The minimum absolute atomic E-state index is 0.0318. The van der Waals surface area contributed by atoms with Crippen LogP contribution >= 0.6 is 11.3 Å². The Balaban J connectivity index is 1.83. The summed E-state index contributed by atoms with van der Waals surface area (Å²) in [4.78, 5) is 18.6. The van der Waals surface area contributed by atoms with Gasteiger partial charge in [-0.05, 0) is 29.7 Å². The van der Waals surface area contributed by atoms with Gasteiger partial charge in [0.2, 0.25) is 5.91 Å². The highest BCUT2D eigenvalue weighted by atomic mass is 32.1. The molecule has 0 unspecified atom stereocenters. The van der Waals surface area contributed by atoms with Gasteiger partial charge in [-0.2, -0.15) is 0 Å². The normalized spacial score (nSPS) is 14.2. The first kappa shape index (κ1) is 13.1. The molecule has 0 bridgehead atoms. The summed E-state index contributed by atoms with van der Waals surface area (Å²) in [6.45, 7) is 1.66. The topological polar surface area (TPSA) is 79.5 Å². The molecule has 3 rings (SSSR count). The van der Waals surface area contributed by atoms with Crippen molar-refractivity contribution >= 4 is 22.4 Å². The fraction of sp³-hybridized carbons (Fsp3) is 0.286. The molecule has 0 atom stereocenters. The summed E-state index contributed by atoms with van der Waals surface area (Å²) in [6.07, 6.45) is 2.58. The molecule has 0 radical (unpaired) electrons. The first-order valence-corrected chi connectivity index (χ1v) is 7.21. The summed E-state index contributed by atoms with van der Waals surface area (Å²) in [5, 5.41) is 10.0. The number of carbonyl (C=O) groups is 1. The molecule has 2 heterocycles. The van der Waals surface area contributed by atoms with E-state index in [1.54, 1.807) is 12.3 Å². The highest BCUT2D eigenvalue weighted by Crippen LogP contribution is 2.28. The monoisotopic (exact) mass is 289 g/mol. The summed E-state index contributed by atoms with van der Waals surface area (Å²) in [5.41, 5.74) is 8.24. The predicted molar refractivity (Wildman–Crippen MR) is 77.8 cm³/mol. The van der Waals surface area contributed by atoms with E-state index in [9.17, 15) is 4.79 Å². The average Bonchev–Trinajstić information content (AvgIpc) is 2.95. The summed E-state index contributed by atoms with van der Waals surface area (Å²) >= 11 is 1.51. The van der Waals surface area contributed by atoms with E-state index in [0.717, 1.165) is 29.5 Å². The molecule has 1 aromatic carbocycles. The number of nitrogens with zero attached hydrogens (tertiary/aromatic N) is 2. The Kier molecular flexibility index (Phi) is 3.42. The average molecular weight is 289 g/mol. The Morgan fingerprint density at radius 3 is 3.00 bits per heavy atom. The van der Waals surface area contributed by atoms with E-state index in [1.165, 1.54) is 22.5 Å². The quantitative estimate of drug-likeness (QED) is 0.892. The van der Waals surface area contributed by atoms with Crippen LogP contribution in [0.2, 0.25) is 0 Å². The van der Waals surface area contributed by atoms with Crippen LogP contribution in [0.15, 0.2) is 24.4 Å². The first-order valence-electron chi connectivity index (χ1n) is 6.39. The number of hydrogen-bond acceptors (Lipinski definition) is 5. The molecule has 1 aliphatic heterocycles. The molecule has 0 spiro atoms. The van der Waals surface area contributed by atoms with Crippen molar-refractivity contribution in [3.63, 3.8) is 0 Å². The number of nitrogens with two attached hydrogens (primary N) is 1. The van der Waals surface area contributed by atoms with Gasteiger partial charge in [0, 0.05) is 24.8 Å². The molecule has 0 saturated heterocycles. The lowest BCUT2D eigenvalue weighted by molar-refractivity contribution is 0.1000. The maximum atomic E-state index is 11.2. The second-order valence-corrected chi connectivity index (χ2v) is 5.88. The highest BCUT2D eigenvalue weighted by molar-refractivity contribution is 7.15. The number of amides is 1. The Labute approximate surface area is 120 Å². The largest absolute Gasteiger partial charge is 0.391 e. The molecule has 5 nitrogen and oxygen atoms in total. The molecule has 20 heavy (non-hydrogen) atoms. The van der Waals surface area contributed by atoms with E-state index in [1.807, 2.05) is 12.1 Å². The lowest BCUT2D eigenvalue weighted by Crippen LogP contribution is -2.30. The fourth-order valence-corrected chi connectivity index (χ4v) is 3.18. The van der Waals surface area contributed by atoms with E-state index < -0.39 is 0 Å². The van der Waals surface area contributed by atoms with Crippen molar-refractivity contribution in [3.05, 3.63) is 46.0 Å². The van der Waals surface area contributed by atoms with Crippen LogP contribution in [0.3, 0.4) is 0 Å². The van der Waals surface area contributed by atoms with Gasteiger partial charge in [0.25, 0.3) is 0 Å². The Morgan fingerprint density at radius 2 is 2.30 bits per heavy atom. The van der Waals surface area contributed by atoms with Crippen LogP contribution in [-0.4, -0.2) is 22.5 Å². The highest BCUT2D eigenvalue weighted by Gasteiger charge is 2.19. The van der Waals surface area contributed by atoms with Crippen molar-refractivity contribution < 1.29 is 9.90 Å². The van der Waals surface area contributed by atoms with Crippen LogP contribution in [0.4, 0.5) is 5.13 Å². The molecule has 3 N–H and O–H groups in total. The number of anilines is 1. The van der Waals surface area contributed by atoms with Crippen molar-refractivity contribution in [3.8, 4) is 0 Å². The molecule has 2 aromatic rings. The van der Waals surface area contributed by atoms with Crippen LogP contribution in [0.1, 0.15) is 26.4 Å². The van der Waals surface area contributed by atoms with Crippen LogP contribution in [-0.2, 0) is 19.6 Å². The molecule has 6 heteroatoms. The number of carbonyl (C=O) groups excluding carboxylic acids is 1. The van der Waals surface area contributed by atoms with Crippen LogP contribution in [0.25, 0.3) is 0 Å². The van der Waals surface area contributed by atoms with E-state index >= 15 is 0 Å². The predicted octanol–water partition coefficient (Wildman–Crippen LogP) is 1.30. The SMILES string of the molecule is NC(=O)c1ccc2c(c1)CCN(c1ncc(CO)s1)C2. The van der Waals surface area contributed by atoms with Gasteiger partial charge in [-0.3, -0.25) is 4.79 Å². The standard InChI is InChI=1S/C14H15N3O2S/c15-13(19)10-1-2-11-7-17(4-3-9(11)5-10)14-16-6-12(8-18)20-14/h1-2,5-6,18H,3-4,7-8H2,(H2,15,19). The van der Waals surface area contributed by atoms with E-state index in [4.69, 9.17) is 10.8 Å². The number of fused-ring (bicyclic) bond motifs is 1. The van der Waals surface area contributed by atoms with Crippen LogP contribution in [0, 0.1) is 0 Å². The van der Waals surface area contributed by atoms with Gasteiger partial charge in [-0.15, -0.1) is 0 Å². The number of rotatable bonds is 3. The Morgan fingerprint density at radius 1 is 1.45 bits per heavy atom. The Bertz CT molecular complexity index is 654. The molecule has 0 aliphatic carbocycles. The van der Waals surface area contributed by atoms with E-state index in [0.29, 0.717) is 5.56 Å². The minimum atomic E-state index is -0.386. The molecule has 1 amide bonds. The number of aliphatic hydroxyl groups is 1. The van der Waals surface area contributed by atoms with Gasteiger partial charge in [0.1, 0.15) is 0 Å². The third kappa shape index (κ3) is 2.39. The fourth-order valence-electron chi connectivity index (χ4n) is 2.39. The van der Waals surface area contributed by atoms with Crippen LogP contribution in [0.5, 0.6) is 0 Å². The molecular formula is C14H15N3O2S. The number of benzene rings is 1. The van der Waals surface area contributed by atoms with E-state index in [-0.39, 0.29) is 12.5 Å². The molecule has 104 valence electrons. The summed E-state index contributed by atoms with van der Waals surface area (Å²) < 4.78 is 0. The molecule has 1 aromatic heterocycles. The number of hydrogen-bond donors (Lipinski definition) is 2. The molecule has 0 fully saturated rings. The summed E-state index contributed by atoms with van der Waals surface area (Å²) in [5.74, 6) is -0.386. The lowest BCUT2D eigenvalue weighted by atomic mass is 9.97. The van der Waals surface area contributed by atoms with Crippen LogP contribution < -0.4 is 10.6 Å². The van der Waals surface area contributed by atoms with Gasteiger partial charge < -0.3 is 15.7 Å². The maximum Gasteiger partial charge on any atom is 0.248 e. The van der Waals surface area contributed by atoms with Crippen molar-refractivity contribution in [2.75, 3.05) is 11.4 Å².